The van der Waals surface area contributed by atoms with Crippen molar-refractivity contribution < 1.29 is 72.9 Å². The van der Waals surface area contributed by atoms with E-state index in [1.54, 1.807) is 92.0 Å². The van der Waals surface area contributed by atoms with Crippen molar-refractivity contribution in [2.24, 2.45) is 35.3 Å². The molecule has 1 aromatic rings. The maximum absolute atomic E-state index is 14.1. The smallest absolute Gasteiger partial charge is 0.326 e. The number of rotatable bonds is 38. The summed E-state index contributed by atoms with van der Waals surface area (Å²) in [6.07, 6.45) is 0.255. The Labute approximate surface area is 473 Å². The molecule has 0 spiro atoms. The minimum atomic E-state index is -1.60. The fourth-order valence-electron chi connectivity index (χ4n) is 8.07. The van der Waals surface area contributed by atoms with E-state index in [0.29, 0.717) is 24.2 Å². The number of hydrogen-bond donors (Lipinski definition) is 13. The summed E-state index contributed by atoms with van der Waals surface area (Å²) in [6.45, 7) is 16.5. The third kappa shape index (κ3) is 26.9. The van der Waals surface area contributed by atoms with Crippen molar-refractivity contribution in [1.82, 2.24) is 47.9 Å². The predicted molar refractivity (Wildman–Crippen MR) is 299 cm³/mol. The predicted octanol–water partition coefficient (Wildman–Crippen LogP) is 0.569. The molecule has 9 amide bonds. The molecule has 0 aliphatic heterocycles. The van der Waals surface area contributed by atoms with Gasteiger partial charge < -0.3 is 68.9 Å². The number of nitrogens with one attached hydrogen (secondary N) is 9. The first-order chi connectivity index (χ1) is 37.4. The van der Waals surface area contributed by atoms with E-state index in [4.69, 9.17) is 5.73 Å². The SMILES string of the molecule is CC[C@H](C)[C@H](NC(=O)CNC(=O)[C@H](Cc1ccccc1)NC(=O)[C@@H](NC(=O)[C@@H](N)CC(C)C)C(C)C)C(=O)N[C@@H](CCC(=O)O)C(=O)N[C@@H](CC(C)C)C(=O)N[C@@H](CCSC)C(=O)N[C@@H](CCC(=O)O)C(=O)N[C@H](C(=O)O)C(C)C. The molecule has 1 aromatic carbocycles. The quantitative estimate of drug-likeness (QED) is 0.0430. The van der Waals surface area contributed by atoms with Gasteiger partial charge in [0.05, 0.1) is 12.6 Å². The molecule has 0 radical (unpaired) electrons. The van der Waals surface area contributed by atoms with Gasteiger partial charge in [0, 0.05) is 19.3 Å². The van der Waals surface area contributed by atoms with Gasteiger partial charge in [-0.15, -0.1) is 0 Å². The Balaban J connectivity index is 3.42. The first-order valence-electron chi connectivity index (χ1n) is 27.1. The van der Waals surface area contributed by atoms with Crippen LogP contribution in [0.2, 0.25) is 0 Å². The van der Waals surface area contributed by atoms with Crippen LogP contribution in [0.4, 0.5) is 0 Å². The lowest BCUT2D eigenvalue weighted by Gasteiger charge is -2.29. The van der Waals surface area contributed by atoms with Crippen LogP contribution in [0.5, 0.6) is 0 Å². The summed E-state index contributed by atoms with van der Waals surface area (Å²) in [5, 5.41) is 51.6. The molecule has 0 heterocycles. The monoisotopic (exact) mass is 1150 g/mol. The van der Waals surface area contributed by atoms with E-state index in [9.17, 15) is 72.9 Å². The lowest BCUT2D eigenvalue weighted by Crippen LogP contribution is -2.60. The van der Waals surface area contributed by atoms with Gasteiger partial charge in [0.1, 0.15) is 48.3 Å². The molecule has 450 valence electrons. The number of benzene rings is 1. The van der Waals surface area contributed by atoms with E-state index >= 15 is 0 Å². The summed E-state index contributed by atoms with van der Waals surface area (Å²) in [4.78, 5) is 159. The number of nitrogens with two attached hydrogens (primary N) is 1. The minimum absolute atomic E-state index is 0.00969. The highest BCUT2D eigenvalue weighted by Gasteiger charge is 2.36. The summed E-state index contributed by atoms with van der Waals surface area (Å²) in [6, 6.07) is -3.07. The second kappa shape index (κ2) is 36.4. The minimum Gasteiger partial charge on any atom is -0.481 e. The van der Waals surface area contributed by atoms with Crippen LogP contribution < -0.4 is 53.6 Å². The highest BCUT2D eigenvalue weighted by Crippen LogP contribution is 2.14. The van der Waals surface area contributed by atoms with E-state index in [1.807, 2.05) is 13.8 Å². The van der Waals surface area contributed by atoms with Crippen molar-refractivity contribution in [3.63, 3.8) is 0 Å². The average molecular weight is 1150 g/mol. The number of carbonyl (C=O) groups is 12. The molecule has 1 rings (SSSR count). The highest BCUT2D eigenvalue weighted by atomic mass is 32.2. The fourth-order valence-corrected chi connectivity index (χ4v) is 8.55. The summed E-state index contributed by atoms with van der Waals surface area (Å²) in [7, 11) is 0. The molecular weight excluding hydrogens is 1060 g/mol. The molecule has 80 heavy (non-hydrogen) atoms. The summed E-state index contributed by atoms with van der Waals surface area (Å²) in [5.41, 5.74) is 6.75. The first kappa shape index (κ1) is 71.2. The van der Waals surface area contributed by atoms with Gasteiger partial charge in [-0.1, -0.05) is 106 Å². The van der Waals surface area contributed by atoms with Gasteiger partial charge >= 0.3 is 17.9 Å². The Kier molecular flexibility index (Phi) is 32.4. The molecule has 0 bridgehead atoms. The van der Waals surface area contributed by atoms with Crippen molar-refractivity contribution >= 4 is 82.8 Å². The molecule has 0 aliphatic carbocycles. The zero-order valence-corrected chi connectivity index (χ0v) is 48.8. The van der Waals surface area contributed by atoms with Crippen molar-refractivity contribution in [2.45, 2.75) is 181 Å². The second-order valence-corrected chi connectivity index (χ2v) is 22.4. The molecule has 0 saturated carbocycles. The van der Waals surface area contributed by atoms with E-state index in [2.05, 4.69) is 47.9 Å². The normalized spacial score (nSPS) is 15.1. The highest BCUT2D eigenvalue weighted by molar-refractivity contribution is 7.98. The number of carboxylic acids is 3. The maximum Gasteiger partial charge on any atom is 0.326 e. The van der Waals surface area contributed by atoms with Crippen LogP contribution in [0.25, 0.3) is 0 Å². The van der Waals surface area contributed by atoms with Crippen molar-refractivity contribution in [2.75, 3.05) is 18.6 Å². The van der Waals surface area contributed by atoms with E-state index in [1.165, 1.54) is 11.8 Å². The van der Waals surface area contributed by atoms with E-state index in [0.717, 1.165) is 0 Å². The Morgan fingerprint density at radius 1 is 0.500 bits per heavy atom. The number of hydrogen-bond acceptors (Lipinski definition) is 14. The van der Waals surface area contributed by atoms with Gasteiger partial charge in [-0.2, -0.15) is 11.8 Å². The number of thioether (sulfide) groups is 1. The zero-order chi connectivity index (χ0) is 61.0. The lowest BCUT2D eigenvalue weighted by molar-refractivity contribution is -0.144. The molecule has 0 aromatic heterocycles. The topological polar surface area (TPSA) is 400 Å². The number of amides is 9. The standard InChI is InChI=1S/C54H88N10O15S/c1-12-32(10)45(62-40(65)27-56-47(71)39(26-33-16-14-13-15-17-33)61-52(76)43(30(6)7)63-46(70)34(55)24-28(2)3)53(77)59-35(18-20-41(66)67)48(72)60-38(25-29(4)5)51(75)58-37(22-23-80-11)49(73)57-36(19-21-42(68)69)50(74)64-44(31(8)9)54(78)79/h13-17,28-32,34-39,43-45H,12,18-27,55H2,1-11H3,(H,56,71)(H,57,73)(H,58,75)(H,59,77)(H,60,72)(H,61,76)(H,62,65)(H,63,70)(H,64,74)(H,66,67)(H,68,69)(H,78,79)/t32-,34-,35-,36-,37-,38-,39-,43-,44-,45-/m0/s1. The molecular formula is C54H88N10O15S. The lowest BCUT2D eigenvalue weighted by atomic mass is 9.97. The van der Waals surface area contributed by atoms with Gasteiger partial charge in [0.15, 0.2) is 0 Å². The number of aliphatic carboxylic acids is 3. The summed E-state index contributed by atoms with van der Waals surface area (Å²) in [5.74, 6) is -12.9. The Morgan fingerprint density at radius 3 is 1.40 bits per heavy atom. The second-order valence-electron chi connectivity index (χ2n) is 21.5. The molecule has 0 aliphatic rings. The molecule has 0 saturated heterocycles. The average Bonchev–Trinajstić information content (AvgIpc) is 3.37. The van der Waals surface area contributed by atoms with Crippen LogP contribution in [-0.2, 0) is 64.0 Å². The third-order valence-corrected chi connectivity index (χ3v) is 13.5. The summed E-state index contributed by atoms with van der Waals surface area (Å²) >= 11 is 1.31. The molecule has 0 fully saturated rings. The fraction of sp³-hybridized carbons (Fsp3) is 0.667. The van der Waals surface area contributed by atoms with Gasteiger partial charge in [-0.3, -0.25) is 52.7 Å². The van der Waals surface area contributed by atoms with Gasteiger partial charge in [0.2, 0.25) is 53.2 Å². The largest absolute Gasteiger partial charge is 0.481 e. The van der Waals surface area contributed by atoms with Crippen LogP contribution in [0.1, 0.15) is 126 Å². The van der Waals surface area contributed by atoms with Crippen LogP contribution in [-0.4, -0.2) is 159 Å². The van der Waals surface area contributed by atoms with Crippen LogP contribution in [0, 0.1) is 29.6 Å². The van der Waals surface area contributed by atoms with Crippen molar-refractivity contribution in [3.05, 3.63) is 35.9 Å². The summed E-state index contributed by atoms with van der Waals surface area (Å²) < 4.78 is 0. The molecule has 10 atom stereocenters. The van der Waals surface area contributed by atoms with Gasteiger partial charge in [-0.25, -0.2) is 4.79 Å². The maximum atomic E-state index is 14.1. The Hall–Kier alpha value is -6.83. The van der Waals surface area contributed by atoms with Crippen LogP contribution in [0.3, 0.4) is 0 Å². The van der Waals surface area contributed by atoms with Crippen LogP contribution in [0.15, 0.2) is 30.3 Å². The Bertz CT molecular complexity index is 2250. The van der Waals surface area contributed by atoms with E-state index in [-0.39, 0.29) is 31.1 Å². The zero-order valence-electron chi connectivity index (χ0n) is 48.0. The molecule has 14 N–H and O–H groups in total. The third-order valence-electron chi connectivity index (χ3n) is 12.8. The van der Waals surface area contributed by atoms with E-state index < -0.39 is 175 Å². The van der Waals surface area contributed by atoms with Crippen molar-refractivity contribution in [3.8, 4) is 0 Å². The van der Waals surface area contributed by atoms with Crippen molar-refractivity contribution in [1.29, 1.82) is 0 Å². The number of carbonyl (C=O) groups excluding carboxylic acids is 9. The van der Waals surface area contributed by atoms with Crippen LogP contribution >= 0.6 is 11.8 Å². The Morgan fingerprint density at radius 2 is 0.938 bits per heavy atom. The number of carboxylic acid groups (broad SMARTS) is 3. The van der Waals surface area contributed by atoms with Gasteiger partial charge in [0.25, 0.3) is 0 Å². The molecule has 26 heteroatoms. The van der Waals surface area contributed by atoms with Gasteiger partial charge in [-0.05, 0) is 79.3 Å². The molecule has 0 unspecified atom stereocenters. The first-order valence-corrected chi connectivity index (χ1v) is 28.5. The molecule has 25 nitrogen and oxygen atoms in total.